The molecule has 21 heavy (non-hydrogen) atoms. The smallest absolute Gasteiger partial charge is 0.255 e. The molecule has 2 aromatic carbocycles. The molecule has 0 aliphatic rings. The van der Waals surface area contributed by atoms with Gasteiger partial charge in [-0.1, -0.05) is 12.1 Å². The van der Waals surface area contributed by atoms with Gasteiger partial charge in [0, 0.05) is 5.69 Å². The third kappa shape index (κ3) is 3.45. The quantitative estimate of drug-likeness (QED) is 0.754. The SMILES string of the molecule is COc1ccc(O)c(C(=O)NC(C)c2cccc(N)c2)c1. The molecule has 4 N–H and O–H groups in total. The summed E-state index contributed by atoms with van der Waals surface area (Å²) in [4.78, 5) is 12.2. The third-order valence-corrected chi connectivity index (χ3v) is 3.21. The summed E-state index contributed by atoms with van der Waals surface area (Å²) in [5.74, 6) is 0.0453. The molecule has 1 unspecified atom stereocenters. The van der Waals surface area contributed by atoms with Gasteiger partial charge in [-0.15, -0.1) is 0 Å². The molecule has 0 fully saturated rings. The molecule has 1 amide bonds. The summed E-state index contributed by atoms with van der Waals surface area (Å²) in [7, 11) is 1.50. The van der Waals surface area contributed by atoms with Crippen molar-refractivity contribution in [3.8, 4) is 11.5 Å². The highest BCUT2D eigenvalue weighted by Crippen LogP contribution is 2.24. The topological polar surface area (TPSA) is 84.6 Å². The molecule has 0 heterocycles. The van der Waals surface area contributed by atoms with Crippen LogP contribution in [0.5, 0.6) is 11.5 Å². The number of rotatable bonds is 4. The number of hydrogen-bond acceptors (Lipinski definition) is 4. The van der Waals surface area contributed by atoms with Crippen LogP contribution in [0, 0.1) is 0 Å². The van der Waals surface area contributed by atoms with Crippen molar-refractivity contribution in [1.82, 2.24) is 5.32 Å². The van der Waals surface area contributed by atoms with Gasteiger partial charge in [-0.2, -0.15) is 0 Å². The van der Waals surface area contributed by atoms with Crippen LogP contribution in [0.1, 0.15) is 28.9 Å². The summed E-state index contributed by atoms with van der Waals surface area (Å²) in [5, 5.41) is 12.6. The van der Waals surface area contributed by atoms with Crippen molar-refractivity contribution in [3.05, 3.63) is 53.6 Å². The molecule has 0 radical (unpaired) electrons. The van der Waals surface area contributed by atoms with E-state index in [1.54, 1.807) is 18.2 Å². The molecule has 0 saturated heterocycles. The van der Waals surface area contributed by atoms with Gasteiger partial charge in [0.1, 0.15) is 11.5 Å². The minimum absolute atomic E-state index is 0.0897. The lowest BCUT2D eigenvalue weighted by Gasteiger charge is -2.15. The number of phenols is 1. The van der Waals surface area contributed by atoms with E-state index in [0.717, 1.165) is 5.56 Å². The number of ether oxygens (including phenoxy) is 1. The predicted molar refractivity (Wildman–Crippen MR) is 81.4 cm³/mol. The van der Waals surface area contributed by atoms with Gasteiger partial charge in [0.15, 0.2) is 0 Å². The van der Waals surface area contributed by atoms with Crippen LogP contribution < -0.4 is 15.8 Å². The predicted octanol–water partition coefficient (Wildman–Crippen LogP) is 2.47. The molecule has 2 aromatic rings. The first-order chi connectivity index (χ1) is 10.0. The molecule has 0 saturated carbocycles. The van der Waals surface area contributed by atoms with E-state index in [2.05, 4.69) is 5.32 Å². The highest BCUT2D eigenvalue weighted by atomic mass is 16.5. The Bertz CT molecular complexity index is 656. The summed E-state index contributed by atoms with van der Waals surface area (Å²) in [6.45, 7) is 1.85. The minimum Gasteiger partial charge on any atom is -0.507 e. The van der Waals surface area contributed by atoms with Gasteiger partial charge in [-0.05, 0) is 42.8 Å². The number of methoxy groups -OCH3 is 1. The number of nitrogens with two attached hydrogens (primary N) is 1. The summed E-state index contributed by atoms with van der Waals surface area (Å²) in [6, 6.07) is 11.6. The molecule has 0 aliphatic heterocycles. The largest absolute Gasteiger partial charge is 0.507 e. The highest BCUT2D eigenvalue weighted by molar-refractivity contribution is 5.97. The van der Waals surface area contributed by atoms with E-state index in [9.17, 15) is 9.90 Å². The normalized spacial score (nSPS) is 11.7. The van der Waals surface area contributed by atoms with Crippen LogP contribution in [0.4, 0.5) is 5.69 Å². The molecule has 2 rings (SSSR count). The lowest BCUT2D eigenvalue weighted by Crippen LogP contribution is -2.26. The van der Waals surface area contributed by atoms with E-state index in [1.165, 1.54) is 19.2 Å². The van der Waals surface area contributed by atoms with E-state index in [-0.39, 0.29) is 23.3 Å². The number of aromatic hydroxyl groups is 1. The van der Waals surface area contributed by atoms with Crippen molar-refractivity contribution in [2.45, 2.75) is 13.0 Å². The van der Waals surface area contributed by atoms with Crippen LogP contribution in [0.2, 0.25) is 0 Å². The van der Waals surface area contributed by atoms with Crippen LogP contribution in [-0.4, -0.2) is 18.1 Å². The van der Waals surface area contributed by atoms with E-state index in [0.29, 0.717) is 11.4 Å². The maximum atomic E-state index is 12.2. The molecular weight excluding hydrogens is 268 g/mol. The van der Waals surface area contributed by atoms with Crippen molar-refractivity contribution in [3.63, 3.8) is 0 Å². The first-order valence-corrected chi connectivity index (χ1v) is 6.54. The molecule has 5 heteroatoms. The van der Waals surface area contributed by atoms with Crippen molar-refractivity contribution in [2.24, 2.45) is 0 Å². The van der Waals surface area contributed by atoms with Crippen LogP contribution in [0.25, 0.3) is 0 Å². The Balaban J connectivity index is 2.18. The number of phenolic OH excluding ortho intramolecular Hbond substituents is 1. The van der Waals surface area contributed by atoms with Gasteiger partial charge in [0.05, 0.1) is 18.7 Å². The monoisotopic (exact) mass is 286 g/mol. The van der Waals surface area contributed by atoms with Gasteiger partial charge in [-0.3, -0.25) is 4.79 Å². The summed E-state index contributed by atoms with van der Waals surface area (Å²) in [6.07, 6.45) is 0. The Labute approximate surface area is 123 Å². The molecule has 110 valence electrons. The Morgan fingerprint density at radius 1 is 1.29 bits per heavy atom. The Morgan fingerprint density at radius 3 is 2.71 bits per heavy atom. The number of benzene rings is 2. The lowest BCUT2D eigenvalue weighted by atomic mass is 10.1. The summed E-state index contributed by atoms with van der Waals surface area (Å²) in [5.41, 5.74) is 7.43. The standard InChI is InChI=1S/C16H18N2O3/c1-10(11-4-3-5-12(17)8-11)18-16(20)14-9-13(21-2)6-7-15(14)19/h3-10,19H,17H2,1-2H3,(H,18,20). The fraction of sp³-hybridized carbons (Fsp3) is 0.188. The van der Waals surface area contributed by atoms with E-state index in [1.807, 2.05) is 19.1 Å². The van der Waals surface area contributed by atoms with E-state index >= 15 is 0 Å². The number of carbonyl (C=O) groups excluding carboxylic acids is 1. The molecule has 0 aliphatic carbocycles. The molecule has 1 atom stereocenters. The van der Waals surface area contributed by atoms with Crippen molar-refractivity contribution < 1.29 is 14.6 Å². The third-order valence-electron chi connectivity index (χ3n) is 3.21. The van der Waals surface area contributed by atoms with Gasteiger partial charge in [0.25, 0.3) is 5.91 Å². The average molecular weight is 286 g/mol. The molecule has 0 spiro atoms. The second-order valence-corrected chi connectivity index (χ2v) is 4.75. The maximum absolute atomic E-state index is 12.2. The molecule has 5 nitrogen and oxygen atoms in total. The maximum Gasteiger partial charge on any atom is 0.255 e. The van der Waals surface area contributed by atoms with Gasteiger partial charge < -0.3 is 20.9 Å². The Hall–Kier alpha value is -2.69. The van der Waals surface area contributed by atoms with Gasteiger partial charge >= 0.3 is 0 Å². The summed E-state index contributed by atoms with van der Waals surface area (Å²) < 4.78 is 5.06. The number of carbonyl (C=O) groups is 1. The zero-order chi connectivity index (χ0) is 15.4. The van der Waals surface area contributed by atoms with Crippen LogP contribution in [0.3, 0.4) is 0 Å². The van der Waals surface area contributed by atoms with Gasteiger partial charge in [-0.25, -0.2) is 0 Å². The number of anilines is 1. The minimum atomic E-state index is -0.374. The van der Waals surface area contributed by atoms with E-state index < -0.39 is 0 Å². The van der Waals surface area contributed by atoms with Crippen molar-refractivity contribution in [1.29, 1.82) is 0 Å². The molecule has 0 bridgehead atoms. The van der Waals surface area contributed by atoms with Crippen LogP contribution >= 0.6 is 0 Å². The number of amides is 1. The number of nitrogen functional groups attached to an aromatic ring is 1. The Morgan fingerprint density at radius 2 is 2.05 bits per heavy atom. The second kappa shape index (κ2) is 6.17. The number of nitrogens with one attached hydrogen (secondary N) is 1. The van der Waals surface area contributed by atoms with Crippen LogP contribution in [0.15, 0.2) is 42.5 Å². The lowest BCUT2D eigenvalue weighted by molar-refractivity contribution is 0.0937. The second-order valence-electron chi connectivity index (χ2n) is 4.75. The summed E-state index contributed by atoms with van der Waals surface area (Å²) >= 11 is 0. The highest BCUT2D eigenvalue weighted by Gasteiger charge is 2.15. The zero-order valence-corrected chi connectivity index (χ0v) is 12.0. The van der Waals surface area contributed by atoms with Crippen molar-refractivity contribution in [2.75, 3.05) is 12.8 Å². The molecule has 0 aromatic heterocycles. The fourth-order valence-electron chi connectivity index (χ4n) is 2.01. The first-order valence-electron chi connectivity index (χ1n) is 6.54. The van der Waals surface area contributed by atoms with Gasteiger partial charge in [0.2, 0.25) is 0 Å². The van der Waals surface area contributed by atoms with Crippen LogP contribution in [-0.2, 0) is 0 Å². The molecular formula is C16H18N2O3. The van der Waals surface area contributed by atoms with E-state index in [4.69, 9.17) is 10.5 Å². The first kappa shape index (κ1) is 14.7. The number of hydrogen-bond donors (Lipinski definition) is 3. The zero-order valence-electron chi connectivity index (χ0n) is 12.0. The Kier molecular flexibility index (Phi) is 4.33. The van der Waals surface area contributed by atoms with Crippen molar-refractivity contribution >= 4 is 11.6 Å². The fourth-order valence-corrected chi connectivity index (χ4v) is 2.01. The average Bonchev–Trinajstić information content (AvgIpc) is 2.47.